The fraction of sp³-hybridized carbons (Fsp3) is 0.529. The molecule has 0 amide bonds. The van der Waals surface area contributed by atoms with Crippen LogP contribution in [0, 0.1) is 30.6 Å². The molecule has 0 spiro atoms. The molecule has 0 bridgehead atoms. The summed E-state index contributed by atoms with van der Waals surface area (Å²) >= 11 is 0. The van der Waals surface area contributed by atoms with E-state index in [-0.39, 0.29) is 11.4 Å². The van der Waals surface area contributed by atoms with Gasteiger partial charge in [-0.3, -0.25) is 4.79 Å². The number of allylic oxidation sites excluding steroid dienone is 1. The third-order valence-electron chi connectivity index (χ3n) is 3.48. The maximum Gasteiger partial charge on any atom is 0.178 e. The summed E-state index contributed by atoms with van der Waals surface area (Å²) in [6.07, 6.45) is 1.69. The van der Waals surface area contributed by atoms with Gasteiger partial charge in [-0.15, -0.1) is 0 Å². The third kappa shape index (κ3) is 4.05. The largest absolute Gasteiger partial charge is 0.383 e. The Bertz CT molecular complexity index is 596. The second kappa shape index (κ2) is 6.73. The van der Waals surface area contributed by atoms with Crippen LogP contribution >= 0.6 is 0 Å². The van der Waals surface area contributed by atoms with Crippen molar-refractivity contribution in [1.82, 2.24) is 4.57 Å². The molecule has 0 aliphatic carbocycles. The van der Waals surface area contributed by atoms with Crippen LogP contribution in [-0.4, -0.2) is 24.1 Å². The van der Waals surface area contributed by atoms with E-state index in [4.69, 9.17) is 4.74 Å². The molecule has 0 aromatic carbocycles. The van der Waals surface area contributed by atoms with E-state index in [1.165, 1.54) is 0 Å². The van der Waals surface area contributed by atoms with Crippen LogP contribution in [0.3, 0.4) is 0 Å². The van der Waals surface area contributed by atoms with Crippen LogP contribution in [0.25, 0.3) is 6.08 Å². The lowest BCUT2D eigenvalue weighted by Crippen LogP contribution is -2.21. The number of nitriles is 1. The maximum absolute atomic E-state index is 12.3. The molecule has 4 nitrogen and oxygen atoms in total. The number of ether oxygens (including phenoxy) is 1. The molecule has 0 saturated heterocycles. The van der Waals surface area contributed by atoms with Gasteiger partial charge in [0.05, 0.1) is 12.2 Å². The van der Waals surface area contributed by atoms with E-state index in [0.29, 0.717) is 6.61 Å². The topological polar surface area (TPSA) is 55.0 Å². The number of nitrogens with zero attached hydrogens (tertiary/aromatic N) is 2. The summed E-state index contributed by atoms with van der Waals surface area (Å²) in [6.45, 7) is 10.9. The first-order chi connectivity index (χ1) is 9.72. The summed E-state index contributed by atoms with van der Waals surface area (Å²) in [5.41, 5.74) is 2.70. The van der Waals surface area contributed by atoms with Crippen molar-refractivity contribution in [2.45, 2.75) is 41.2 Å². The van der Waals surface area contributed by atoms with E-state index in [1.807, 2.05) is 46.8 Å². The molecular formula is C17H24N2O2. The second-order valence-electron chi connectivity index (χ2n) is 6.22. The second-order valence-corrected chi connectivity index (χ2v) is 6.22. The normalized spacial score (nSPS) is 12.3. The van der Waals surface area contributed by atoms with Crippen molar-refractivity contribution in [1.29, 1.82) is 5.26 Å². The van der Waals surface area contributed by atoms with E-state index >= 15 is 0 Å². The Hall–Kier alpha value is -1.86. The lowest BCUT2D eigenvalue weighted by Gasteiger charge is -2.15. The van der Waals surface area contributed by atoms with Crippen LogP contribution in [0.15, 0.2) is 11.6 Å². The third-order valence-corrected chi connectivity index (χ3v) is 3.48. The molecule has 0 N–H and O–H groups in total. The number of aromatic nitrogens is 1. The molecule has 0 fully saturated rings. The zero-order chi connectivity index (χ0) is 16.2. The quantitative estimate of drug-likeness (QED) is 0.617. The minimum absolute atomic E-state index is 0.133. The van der Waals surface area contributed by atoms with Crippen molar-refractivity contribution in [2.75, 3.05) is 13.7 Å². The van der Waals surface area contributed by atoms with Gasteiger partial charge in [0.2, 0.25) is 0 Å². The maximum atomic E-state index is 12.3. The predicted octanol–water partition coefficient (Wildman–Crippen LogP) is 3.27. The highest BCUT2D eigenvalue weighted by Crippen LogP contribution is 2.23. The Kier molecular flexibility index (Phi) is 5.51. The van der Waals surface area contributed by atoms with E-state index in [1.54, 1.807) is 13.2 Å². The van der Waals surface area contributed by atoms with Crippen molar-refractivity contribution < 1.29 is 9.53 Å². The Morgan fingerprint density at radius 3 is 2.52 bits per heavy atom. The number of methoxy groups -OCH3 is 1. The standard InChI is InChI=1S/C17H24N2O2/c1-12-9-14(13(2)19(12)7-8-21-6)10-15(11-18)16(20)17(3,4)5/h9-10H,7-8H2,1-6H3. The molecule has 1 heterocycles. The van der Waals surface area contributed by atoms with Gasteiger partial charge in [0.25, 0.3) is 0 Å². The fourth-order valence-corrected chi connectivity index (χ4v) is 2.21. The van der Waals surface area contributed by atoms with E-state index in [0.717, 1.165) is 23.5 Å². The number of hydrogen-bond donors (Lipinski definition) is 0. The summed E-state index contributed by atoms with van der Waals surface area (Å²) in [5, 5.41) is 9.26. The molecule has 0 unspecified atom stereocenters. The van der Waals surface area contributed by atoms with Crippen molar-refractivity contribution >= 4 is 11.9 Å². The van der Waals surface area contributed by atoms with Crippen LogP contribution in [0.1, 0.15) is 37.7 Å². The number of aryl methyl sites for hydroxylation is 1. The van der Waals surface area contributed by atoms with Gasteiger partial charge >= 0.3 is 0 Å². The van der Waals surface area contributed by atoms with Crippen molar-refractivity contribution in [3.8, 4) is 6.07 Å². The van der Waals surface area contributed by atoms with E-state index in [2.05, 4.69) is 4.57 Å². The number of hydrogen-bond acceptors (Lipinski definition) is 3. The van der Waals surface area contributed by atoms with Crippen molar-refractivity contribution in [2.24, 2.45) is 5.41 Å². The molecule has 4 heteroatoms. The zero-order valence-corrected chi connectivity index (χ0v) is 13.8. The Labute approximate surface area is 127 Å². The average Bonchev–Trinajstić information content (AvgIpc) is 2.66. The number of carbonyl (C=O) groups excluding carboxylic acids is 1. The first-order valence-corrected chi connectivity index (χ1v) is 7.04. The molecule has 1 aromatic heterocycles. The summed E-state index contributed by atoms with van der Waals surface area (Å²) in [5.74, 6) is -0.133. The Morgan fingerprint density at radius 1 is 1.43 bits per heavy atom. The molecule has 0 aliphatic heterocycles. The molecule has 0 aliphatic rings. The van der Waals surface area contributed by atoms with E-state index in [9.17, 15) is 10.1 Å². The first-order valence-electron chi connectivity index (χ1n) is 7.04. The lowest BCUT2D eigenvalue weighted by atomic mass is 9.86. The Morgan fingerprint density at radius 2 is 2.05 bits per heavy atom. The van der Waals surface area contributed by atoms with Gasteiger partial charge in [-0.05, 0) is 31.6 Å². The highest BCUT2D eigenvalue weighted by molar-refractivity contribution is 6.06. The molecular weight excluding hydrogens is 264 g/mol. The number of ketones is 1. The summed E-state index contributed by atoms with van der Waals surface area (Å²) in [6, 6.07) is 4.03. The van der Waals surface area contributed by atoms with Crippen LogP contribution in [-0.2, 0) is 16.1 Å². The number of rotatable bonds is 5. The first kappa shape index (κ1) is 17.2. The van der Waals surface area contributed by atoms with Gasteiger partial charge in [0, 0.05) is 30.5 Å². The van der Waals surface area contributed by atoms with E-state index < -0.39 is 5.41 Å². The lowest BCUT2D eigenvalue weighted by molar-refractivity contribution is -0.121. The SMILES string of the molecule is COCCn1c(C)cc(C=C(C#N)C(=O)C(C)(C)C)c1C. The fourth-order valence-electron chi connectivity index (χ4n) is 2.21. The van der Waals surface area contributed by atoms with Crippen LogP contribution in [0.2, 0.25) is 0 Å². The minimum Gasteiger partial charge on any atom is -0.383 e. The predicted molar refractivity (Wildman–Crippen MR) is 83.8 cm³/mol. The smallest absolute Gasteiger partial charge is 0.178 e. The monoisotopic (exact) mass is 288 g/mol. The molecule has 0 radical (unpaired) electrons. The van der Waals surface area contributed by atoms with Crippen molar-refractivity contribution in [3.63, 3.8) is 0 Å². The molecule has 0 atom stereocenters. The molecule has 114 valence electrons. The number of carbonyl (C=O) groups is 1. The van der Waals surface area contributed by atoms with Crippen LogP contribution in [0.4, 0.5) is 0 Å². The summed E-state index contributed by atoms with van der Waals surface area (Å²) in [7, 11) is 1.67. The highest BCUT2D eigenvalue weighted by Gasteiger charge is 2.25. The van der Waals surface area contributed by atoms with Crippen LogP contribution in [0.5, 0.6) is 0 Å². The van der Waals surface area contributed by atoms with Gasteiger partial charge in [0.15, 0.2) is 5.78 Å². The highest BCUT2D eigenvalue weighted by atomic mass is 16.5. The number of Topliss-reactive ketones (excluding diaryl/α,β-unsaturated/α-hetero) is 1. The zero-order valence-electron chi connectivity index (χ0n) is 13.8. The van der Waals surface area contributed by atoms with Crippen molar-refractivity contribution in [3.05, 3.63) is 28.6 Å². The summed E-state index contributed by atoms with van der Waals surface area (Å²) < 4.78 is 7.24. The molecule has 1 aromatic rings. The van der Waals surface area contributed by atoms with Gasteiger partial charge in [-0.25, -0.2) is 0 Å². The van der Waals surface area contributed by atoms with Gasteiger partial charge in [-0.1, -0.05) is 20.8 Å². The van der Waals surface area contributed by atoms with Crippen LogP contribution < -0.4 is 0 Å². The molecule has 21 heavy (non-hydrogen) atoms. The summed E-state index contributed by atoms with van der Waals surface area (Å²) in [4.78, 5) is 12.3. The van der Waals surface area contributed by atoms with Gasteiger partial charge in [0.1, 0.15) is 6.07 Å². The Balaban J connectivity index is 3.20. The average molecular weight is 288 g/mol. The van der Waals surface area contributed by atoms with Gasteiger partial charge in [-0.2, -0.15) is 5.26 Å². The molecule has 1 rings (SSSR count). The molecule has 0 saturated carbocycles. The van der Waals surface area contributed by atoms with Gasteiger partial charge < -0.3 is 9.30 Å². The minimum atomic E-state index is -0.552.